The molecule has 0 aliphatic carbocycles. The molecular weight excluding hydrogens is 242 g/mol. The smallest absolute Gasteiger partial charge is 0.313 e. The molecule has 0 spiro atoms. The molecule has 0 bridgehead atoms. The van der Waals surface area contributed by atoms with Crippen molar-refractivity contribution in [3.8, 4) is 0 Å². The average molecular weight is 261 g/mol. The van der Waals surface area contributed by atoms with E-state index in [0.29, 0.717) is 5.92 Å². The molecule has 0 unspecified atom stereocenters. The summed E-state index contributed by atoms with van der Waals surface area (Å²) >= 11 is 1.14. The van der Waals surface area contributed by atoms with Crippen molar-refractivity contribution in [3.63, 3.8) is 0 Å². The number of aliphatic carboxylic acids is 1. The van der Waals surface area contributed by atoms with Gasteiger partial charge in [0.25, 0.3) is 0 Å². The lowest BCUT2D eigenvalue weighted by Gasteiger charge is -2.27. The Balaban J connectivity index is 2.18. The minimum absolute atomic E-state index is 0.00254. The van der Waals surface area contributed by atoms with E-state index in [1.54, 1.807) is 11.9 Å². The number of rotatable bonds is 6. The van der Waals surface area contributed by atoms with Gasteiger partial charge in [-0.1, -0.05) is 0 Å². The number of nitrogens with zero attached hydrogens (tertiary/aromatic N) is 1. The maximum atomic E-state index is 11.7. The van der Waals surface area contributed by atoms with E-state index in [0.717, 1.165) is 44.4 Å². The second-order valence-corrected chi connectivity index (χ2v) is 5.20. The zero-order chi connectivity index (χ0) is 12.7. The molecule has 1 heterocycles. The summed E-state index contributed by atoms with van der Waals surface area (Å²) in [4.78, 5) is 23.7. The van der Waals surface area contributed by atoms with Crippen LogP contribution in [0, 0.1) is 5.92 Å². The van der Waals surface area contributed by atoms with E-state index < -0.39 is 5.97 Å². The molecular formula is C11H19NO4S. The highest BCUT2D eigenvalue weighted by atomic mass is 32.2. The van der Waals surface area contributed by atoms with Crippen LogP contribution >= 0.6 is 11.8 Å². The van der Waals surface area contributed by atoms with Gasteiger partial charge in [0.05, 0.1) is 11.5 Å². The summed E-state index contributed by atoms with van der Waals surface area (Å²) in [6, 6.07) is 0. The van der Waals surface area contributed by atoms with Crippen molar-refractivity contribution < 1.29 is 19.4 Å². The fourth-order valence-electron chi connectivity index (χ4n) is 1.75. The van der Waals surface area contributed by atoms with E-state index in [-0.39, 0.29) is 17.4 Å². The van der Waals surface area contributed by atoms with Crippen molar-refractivity contribution >= 4 is 23.6 Å². The molecule has 17 heavy (non-hydrogen) atoms. The van der Waals surface area contributed by atoms with E-state index in [4.69, 9.17) is 9.84 Å². The number of amides is 1. The molecule has 0 aromatic heterocycles. The maximum Gasteiger partial charge on any atom is 0.313 e. The summed E-state index contributed by atoms with van der Waals surface area (Å²) < 4.78 is 5.26. The lowest BCUT2D eigenvalue weighted by atomic mass is 10.00. The number of thioether (sulfide) groups is 1. The van der Waals surface area contributed by atoms with E-state index in [1.165, 1.54) is 0 Å². The predicted molar refractivity (Wildman–Crippen MR) is 66.1 cm³/mol. The van der Waals surface area contributed by atoms with E-state index in [2.05, 4.69) is 0 Å². The van der Waals surface area contributed by atoms with E-state index >= 15 is 0 Å². The van der Waals surface area contributed by atoms with Gasteiger partial charge in [-0.15, -0.1) is 11.8 Å². The van der Waals surface area contributed by atoms with Crippen LogP contribution in [-0.2, 0) is 14.3 Å². The summed E-state index contributed by atoms with van der Waals surface area (Å²) in [5.41, 5.74) is 0. The average Bonchev–Trinajstić information content (AvgIpc) is 2.29. The Morgan fingerprint density at radius 1 is 1.35 bits per heavy atom. The first-order valence-corrected chi connectivity index (χ1v) is 6.86. The number of carbonyl (C=O) groups excluding carboxylic acids is 1. The van der Waals surface area contributed by atoms with Gasteiger partial charge in [-0.3, -0.25) is 9.59 Å². The molecule has 1 N–H and O–H groups in total. The molecule has 5 nitrogen and oxygen atoms in total. The first-order chi connectivity index (χ1) is 8.09. The van der Waals surface area contributed by atoms with Crippen LogP contribution in [0.1, 0.15) is 12.8 Å². The minimum atomic E-state index is -0.880. The Bertz CT molecular complexity index is 266. The first kappa shape index (κ1) is 14.3. The molecule has 1 saturated heterocycles. The van der Waals surface area contributed by atoms with Crippen molar-refractivity contribution in [2.45, 2.75) is 12.8 Å². The van der Waals surface area contributed by atoms with Crippen LogP contribution in [0.25, 0.3) is 0 Å². The second-order valence-electron chi connectivity index (χ2n) is 4.22. The number of carboxylic acid groups (broad SMARTS) is 1. The second kappa shape index (κ2) is 7.55. The highest BCUT2D eigenvalue weighted by molar-refractivity contribution is 8.00. The maximum absolute atomic E-state index is 11.7. The van der Waals surface area contributed by atoms with Crippen molar-refractivity contribution in [3.05, 3.63) is 0 Å². The number of hydrogen-bond donors (Lipinski definition) is 1. The summed E-state index contributed by atoms with van der Waals surface area (Å²) in [5, 5.41) is 8.47. The summed E-state index contributed by atoms with van der Waals surface area (Å²) in [6.07, 6.45) is 2.00. The molecule has 1 aliphatic heterocycles. The minimum Gasteiger partial charge on any atom is -0.481 e. The van der Waals surface area contributed by atoms with Gasteiger partial charge in [0.15, 0.2) is 0 Å². The lowest BCUT2D eigenvalue weighted by molar-refractivity contribution is -0.133. The van der Waals surface area contributed by atoms with Crippen LogP contribution in [0.15, 0.2) is 0 Å². The Morgan fingerprint density at radius 3 is 2.59 bits per heavy atom. The monoisotopic (exact) mass is 261 g/mol. The van der Waals surface area contributed by atoms with Gasteiger partial charge in [0.1, 0.15) is 0 Å². The lowest BCUT2D eigenvalue weighted by Crippen LogP contribution is -2.35. The van der Waals surface area contributed by atoms with Gasteiger partial charge in [-0.05, 0) is 18.8 Å². The summed E-state index contributed by atoms with van der Waals surface area (Å²) in [6.45, 7) is 2.30. The SMILES string of the molecule is CN(CC1CCOCC1)C(=O)CSCC(=O)O. The molecule has 1 fully saturated rings. The molecule has 0 aromatic rings. The number of ether oxygens (including phenoxy) is 1. The largest absolute Gasteiger partial charge is 0.481 e. The zero-order valence-electron chi connectivity index (χ0n) is 10.1. The quantitative estimate of drug-likeness (QED) is 0.762. The van der Waals surface area contributed by atoms with Gasteiger partial charge in [-0.25, -0.2) is 0 Å². The van der Waals surface area contributed by atoms with E-state index in [9.17, 15) is 9.59 Å². The van der Waals surface area contributed by atoms with Crippen molar-refractivity contribution in [1.82, 2.24) is 4.90 Å². The Morgan fingerprint density at radius 2 is 2.00 bits per heavy atom. The van der Waals surface area contributed by atoms with E-state index in [1.807, 2.05) is 0 Å². The summed E-state index contributed by atoms with van der Waals surface area (Å²) in [5.74, 6) is -0.136. The molecule has 0 atom stereocenters. The topological polar surface area (TPSA) is 66.8 Å². The van der Waals surface area contributed by atoms with Crippen molar-refractivity contribution in [2.75, 3.05) is 38.3 Å². The number of carbonyl (C=O) groups is 2. The molecule has 0 saturated carbocycles. The van der Waals surface area contributed by atoms with Crippen molar-refractivity contribution in [2.24, 2.45) is 5.92 Å². The molecule has 0 aromatic carbocycles. The van der Waals surface area contributed by atoms with Crippen LogP contribution in [0.5, 0.6) is 0 Å². The molecule has 6 heteroatoms. The Kier molecular flexibility index (Phi) is 6.36. The first-order valence-electron chi connectivity index (χ1n) is 5.71. The third-order valence-electron chi connectivity index (χ3n) is 2.75. The van der Waals surface area contributed by atoms with Gasteiger partial charge in [0, 0.05) is 26.8 Å². The van der Waals surface area contributed by atoms with Gasteiger partial charge >= 0.3 is 5.97 Å². The summed E-state index contributed by atoms with van der Waals surface area (Å²) in [7, 11) is 1.78. The van der Waals surface area contributed by atoms with Gasteiger partial charge in [0.2, 0.25) is 5.91 Å². The fraction of sp³-hybridized carbons (Fsp3) is 0.818. The van der Waals surface area contributed by atoms with Crippen LogP contribution in [0.2, 0.25) is 0 Å². The Hall–Kier alpha value is -0.750. The molecule has 1 amide bonds. The standard InChI is InChI=1S/C11H19NO4S/c1-12(6-9-2-4-16-5-3-9)10(13)7-17-8-11(14)15/h9H,2-8H2,1H3,(H,14,15). The molecule has 1 rings (SSSR count). The fourth-order valence-corrected chi connectivity index (χ4v) is 2.43. The zero-order valence-corrected chi connectivity index (χ0v) is 10.9. The van der Waals surface area contributed by atoms with Crippen LogP contribution in [0.4, 0.5) is 0 Å². The van der Waals surface area contributed by atoms with Crippen molar-refractivity contribution in [1.29, 1.82) is 0 Å². The highest BCUT2D eigenvalue weighted by Crippen LogP contribution is 2.16. The predicted octanol–water partition coefficient (Wildman–Crippen LogP) is 0.689. The Labute approximate surface area is 105 Å². The highest BCUT2D eigenvalue weighted by Gasteiger charge is 2.18. The number of hydrogen-bond acceptors (Lipinski definition) is 4. The van der Waals surface area contributed by atoms with Gasteiger partial charge in [-0.2, -0.15) is 0 Å². The van der Waals surface area contributed by atoms with Crippen LogP contribution in [-0.4, -0.2) is 60.2 Å². The molecule has 98 valence electrons. The van der Waals surface area contributed by atoms with Crippen LogP contribution in [0.3, 0.4) is 0 Å². The molecule has 0 radical (unpaired) electrons. The van der Waals surface area contributed by atoms with Crippen LogP contribution < -0.4 is 0 Å². The third kappa shape index (κ3) is 5.93. The molecule has 1 aliphatic rings. The van der Waals surface area contributed by atoms with Gasteiger partial charge < -0.3 is 14.7 Å². The third-order valence-corrected chi connectivity index (χ3v) is 3.65. The number of carboxylic acids is 1. The normalized spacial score (nSPS) is 16.8.